The van der Waals surface area contributed by atoms with Crippen molar-refractivity contribution in [2.75, 3.05) is 51.2 Å². The summed E-state index contributed by atoms with van der Waals surface area (Å²) < 4.78 is 10.6. The maximum atomic E-state index is 5.31. The Morgan fingerprint density at radius 2 is 1.26 bits per heavy atom. The number of hydrogen-bond donors (Lipinski definition) is 0. The molecule has 3 aromatic rings. The standard InChI is InChI=1S/C27H35N5O2/c1-30(2)23-13-15-31(16-14-23)24-17-28-27(29-18-24)32(19-21-5-9-25(33-3)10-6-21)20-22-7-11-26(34-4)12-8-22/h5-12,17-18,23H,13-16,19-20H2,1-4H3. The first kappa shape index (κ1) is 23.8. The van der Waals surface area contributed by atoms with Crippen molar-refractivity contribution >= 4 is 11.6 Å². The number of nitrogens with zero attached hydrogens (tertiary/aromatic N) is 5. The average Bonchev–Trinajstić information content (AvgIpc) is 2.89. The fraction of sp³-hybridized carbons (Fsp3) is 0.407. The molecule has 34 heavy (non-hydrogen) atoms. The fourth-order valence-corrected chi connectivity index (χ4v) is 4.38. The molecule has 0 unspecified atom stereocenters. The number of piperidine rings is 1. The molecule has 0 bridgehead atoms. The first-order valence-electron chi connectivity index (χ1n) is 11.8. The highest BCUT2D eigenvalue weighted by Crippen LogP contribution is 2.24. The van der Waals surface area contributed by atoms with Gasteiger partial charge in [-0.15, -0.1) is 0 Å². The van der Waals surface area contributed by atoms with Gasteiger partial charge in [0.25, 0.3) is 0 Å². The van der Waals surface area contributed by atoms with E-state index < -0.39 is 0 Å². The summed E-state index contributed by atoms with van der Waals surface area (Å²) in [6, 6.07) is 17.0. The van der Waals surface area contributed by atoms with Crippen molar-refractivity contribution < 1.29 is 9.47 Å². The molecule has 0 saturated carbocycles. The van der Waals surface area contributed by atoms with Crippen molar-refractivity contribution in [3.63, 3.8) is 0 Å². The molecule has 2 heterocycles. The maximum Gasteiger partial charge on any atom is 0.225 e. The van der Waals surface area contributed by atoms with Gasteiger partial charge in [0, 0.05) is 32.2 Å². The van der Waals surface area contributed by atoms with Gasteiger partial charge >= 0.3 is 0 Å². The van der Waals surface area contributed by atoms with Gasteiger partial charge in [-0.05, 0) is 62.3 Å². The predicted octanol–water partition coefficient (Wildman–Crippen LogP) is 4.23. The Hall–Kier alpha value is -3.32. The lowest BCUT2D eigenvalue weighted by Crippen LogP contribution is -2.42. The average molecular weight is 462 g/mol. The molecule has 0 amide bonds. The molecule has 1 aliphatic heterocycles. The summed E-state index contributed by atoms with van der Waals surface area (Å²) in [6.07, 6.45) is 6.26. The Bertz CT molecular complexity index is 965. The second kappa shape index (κ2) is 11.2. The van der Waals surface area contributed by atoms with Crippen LogP contribution in [0.4, 0.5) is 11.6 Å². The molecule has 7 nitrogen and oxygen atoms in total. The minimum Gasteiger partial charge on any atom is -0.497 e. The Labute approximate surface area is 203 Å². The van der Waals surface area contributed by atoms with Crippen LogP contribution in [0.25, 0.3) is 0 Å². The fourth-order valence-electron chi connectivity index (χ4n) is 4.38. The molecular formula is C27H35N5O2. The summed E-state index contributed by atoms with van der Waals surface area (Å²) in [4.78, 5) is 16.5. The van der Waals surface area contributed by atoms with E-state index in [1.807, 2.05) is 36.7 Å². The van der Waals surface area contributed by atoms with E-state index in [0.29, 0.717) is 19.1 Å². The number of anilines is 2. The number of methoxy groups -OCH3 is 2. The lowest BCUT2D eigenvalue weighted by molar-refractivity contribution is 0.249. The molecule has 0 N–H and O–H groups in total. The van der Waals surface area contributed by atoms with Crippen LogP contribution in [0, 0.1) is 0 Å². The third kappa shape index (κ3) is 5.97. The van der Waals surface area contributed by atoms with Crippen LogP contribution in [0.5, 0.6) is 11.5 Å². The van der Waals surface area contributed by atoms with Crippen molar-refractivity contribution in [3.8, 4) is 11.5 Å². The van der Waals surface area contributed by atoms with E-state index >= 15 is 0 Å². The highest BCUT2D eigenvalue weighted by molar-refractivity contribution is 5.46. The van der Waals surface area contributed by atoms with Gasteiger partial charge in [-0.25, -0.2) is 9.97 Å². The summed E-state index contributed by atoms with van der Waals surface area (Å²) in [5, 5.41) is 0. The summed E-state index contributed by atoms with van der Waals surface area (Å²) in [5.74, 6) is 2.42. The number of ether oxygens (including phenoxy) is 2. The second-order valence-electron chi connectivity index (χ2n) is 8.98. The molecule has 0 aliphatic carbocycles. The van der Waals surface area contributed by atoms with Gasteiger partial charge in [0.15, 0.2) is 0 Å². The molecule has 0 atom stereocenters. The molecule has 0 spiro atoms. The first-order valence-corrected chi connectivity index (χ1v) is 11.8. The van der Waals surface area contributed by atoms with E-state index in [2.05, 4.69) is 53.1 Å². The van der Waals surface area contributed by atoms with E-state index in [9.17, 15) is 0 Å². The molecule has 2 aromatic carbocycles. The molecule has 7 heteroatoms. The second-order valence-corrected chi connectivity index (χ2v) is 8.98. The van der Waals surface area contributed by atoms with E-state index in [0.717, 1.165) is 49.1 Å². The summed E-state index contributed by atoms with van der Waals surface area (Å²) in [7, 11) is 7.70. The van der Waals surface area contributed by atoms with Crippen LogP contribution in [0.3, 0.4) is 0 Å². The van der Waals surface area contributed by atoms with Crippen molar-refractivity contribution in [1.82, 2.24) is 14.9 Å². The number of aromatic nitrogens is 2. The summed E-state index contributed by atoms with van der Waals surface area (Å²) in [5.41, 5.74) is 3.44. The normalized spacial score (nSPS) is 14.3. The minimum atomic E-state index is 0.654. The van der Waals surface area contributed by atoms with Gasteiger partial charge in [0.2, 0.25) is 5.95 Å². The topological polar surface area (TPSA) is 54.0 Å². The highest BCUT2D eigenvalue weighted by atomic mass is 16.5. The zero-order valence-electron chi connectivity index (χ0n) is 20.6. The molecule has 0 radical (unpaired) electrons. The lowest BCUT2D eigenvalue weighted by Gasteiger charge is -2.36. The minimum absolute atomic E-state index is 0.654. The van der Waals surface area contributed by atoms with Crippen molar-refractivity contribution in [1.29, 1.82) is 0 Å². The largest absolute Gasteiger partial charge is 0.497 e. The quantitative estimate of drug-likeness (QED) is 0.473. The zero-order valence-corrected chi connectivity index (χ0v) is 20.6. The van der Waals surface area contributed by atoms with Crippen molar-refractivity contribution in [3.05, 3.63) is 72.1 Å². The first-order chi connectivity index (χ1) is 16.6. The van der Waals surface area contributed by atoms with E-state index in [-0.39, 0.29) is 0 Å². The summed E-state index contributed by atoms with van der Waals surface area (Å²) in [6.45, 7) is 3.47. The van der Waals surface area contributed by atoms with E-state index in [1.54, 1.807) is 14.2 Å². The van der Waals surface area contributed by atoms with Crippen LogP contribution < -0.4 is 19.3 Å². The smallest absolute Gasteiger partial charge is 0.225 e. The molecule has 1 aromatic heterocycles. The molecule has 1 saturated heterocycles. The van der Waals surface area contributed by atoms with Gasteiger partial charge in [0.05, 0.1) is 32.3 Å². The molecule has 1 aliphatic rings. The maximum absolute atomic E-state index is 5.31. The van der Waals surface area contributed by atoms with Crippen LogP contribution >= 0.6 is 0 Å². The summed E-state index contributed by atoms with van der Waals surface area (Å²) >= 11 is 0. The predicted molar refractivity (Wildman–Crippen MR) is 137 cm³/mol. The third-order valence-electron chi connectivity index (χ3n) is 6.53. The SMILES string of the molecule is COc1ccc(CN(Cc2ccc(OC)cc2)c2ncc(N3CCC(N(C)C)CC3)cn2)cc1. The van der Waals surface area contributed by atoms with Gasteiger partial charge in [-0.2, -0.15) is 0 Å². The molecule has 180 valence electrons. The van der Waals surface area contributed by atoms with Gasteiger partial charge in [-0.3, -0.25) is 0 Å². The Morgan fingerprint density at radius 1 is 0.794 bits per heavy atom. The van der Waals surface area contributed by atoms with Crippen LogP contribution in [0.2, 0.25) is 0 Å². The van der Waals surface area contributed by atoms with Crippen LogP contribution in [0.15, 0.2) is 60.9 Å². The molecular weight excluding hydrogens is 426 g/mol. The Balaban J connectivity index is 1.51. The van der Waals surface area contributed by atoms with Gasteiger partial charge in [-0.1, -0.05) is 24.3 Å². The van der Waals surface area contributed by atoms with E-state index in [1.165, 1.54) is 11.1 Å². The van der Waals surface area contributed by atoms with Gasteiger partial charge in [0.1, 0.15) is 11.5 Å². The third-order valence-corrected chi connectivity index (χ3v) is 6.53. The van der Waals surface area contributed by atoms with Crippen LogP contribution in [-0.2, 0) is 13.1 Å². The van der Waals surface area contributed by atoms with Crippen LogP contribution in [-0.4, -0.2) is 62.3 Å². The van der Waals surface area contributed by atoms with E-state index in [4.69, 9.17) is 19.4 Å². The number of rotatable bonds is 9. The highest BCUT2D eigenvalue weighted by Gasteiger charge is 2.21. The lowest BCUT2D eigenvalue weighted by atomic mass is 10.0. The number of benzene rings is 2. The Morgan fingerprint density at radius 3 is 1.68 bits per heavy atom. The Kier molecular flexibility index (Phi) is 7.85. The monoisotopic (exact) mass is 461 g/mol. The van der Waals surface area contributed by atoms with Crippen molar-refractivity contribution in [2.24, 2.45) is 0 Å². The molecule has 4 rings (SSSR count). The zero-order chi connectivity index (χ0) is 23.9. The molecule has 1 fully saturated rings. The van der Waals surface area contributed by atoms with Crippen molar-refractivity contribution in [2.45, 2.75) is 32.0 Å². The van der Waals surface area contributed by atoms with Gasteiger partial charge < -0.3 is 24.2 Å². The van der Waals surface area contributed by atoms with Crippen LogP contribution in [0.1, 0.15) is 24.0 Å². The number of hydrogen-bond acceptors (Lipinski definition) is 7.